The molecular formula is C19H16BrF2N3O3S2. The summed E-state index contributed by atoms with van der Waals surface area (Å²) in [4.78, 5) is 16.3. The zero-order chi connectivity index (χ0) is 21.5. The van der Waals surface area contributed by atoms with E-state index in [4.69, 9.17) is 0 Å². The number of carbonyl (C=O) groups excluding carboxylic acids is 1. The van der Waals surface area contributed by atoms with E-state index >= 15 is 0 Å². The van der Waals surface area contributed by atoms with Crippen LogP contribution in [-0.4, -0.2) is 36.7 Å². The van der Waals surface area contributed by atoms with Crippen LogP contribution in [0.2, 0.25) is 0 Å². The highest BCUT2D eigenvalue weighted by Gasteiger charge is 2.34. The molecular weight excluding hydrogens is 500 g/mol. The van der Waals surface area contributed by atoms with E-state index in [9.17, 15) is 22.0 Å². The Kier molecular flexibility index (Phi) is 5.88. The highest BCUT2D eigenvalue weighted by Crippen LogP contribution is 2.30. The van der Waals surface area contributed by atoms with Gasteiger partial charge in [0.25, 0.3) is 0 Å². The molecule has 2 aromatic carbocycles. The lowest BCUT2D eigenvalue weighted by Crippen LogP contribution is -2.41. The summed E-state index contributed by atoms with van der Waals surface area (Å²) in [6.45, 7) is 0.0896. The number of amides is 1. The quantitative estimate of drug-likeness (QED) is 0.559. The summed E-state index contributed by atoms with van der Waals surface area (Å²) in [5.41, 5.74) is 0.775. The molecule has 0 aliphatic carbocycles. The molecule has 0 radical (unpaired) electrons. The highest BCUT2D eigenvalue weighted by molar-refractivity contribution is 9.10. The first kappa shape index (κ1) is 21.3. The van der Waals surface area contributed by atoms with Crippen molar-refractivity contribution in [2.45, 2.75) is 17.7 Å². The maximum Gasteiger partial charge on any atom is 0.246 e. The fourth-order valence-corrected chi connectivity index (χ4v) is 6.30. The van der Waals surface area contributed by atoms with Crippen molar-refractivity contribution < 1.29 is 22.0 Å². The molecule has 4 rings (SSSR count). The number of rotatable bonds is 4. The van der Waals surface area contributed by atoms with Crippen molar-refractivity contribution in [3.05, 3.63) is 52.5 Å². The van der Waals surface area contributed by atoms with Crippen molar-refractivity contribution in [3.8, 4) is 0 Å². The average molecular weight is 516 g/mol. The highest BCUT2D eigenvalue weighted by atomic mass is 79.9. The fraction of sp³-hybridized carbons (Fsp3) is 0.263. The van der Waals surface area contributed by atoms with Gasteiger partial charge in [0, 0.05) is 23.5 Å². The van der Waals surface area contributed by atoms with Gasteiger partial charge in [-0.05, 0) is 49.2 Å². The smallest absolute Gasteiger partial charge is 0.246 e. The Labute approximate surface area is 184 Å². The Bertz CT molecular complexity index is 1220. The lowest BCUT2D eigenvalue weighted by Gasteiger charge is -2.30. The van der Waals surface area contributed by atoms with Crippen molar-refractivity contribution in [1.29, 1.82) is 0 Å². The van der Waals surface area contributed by atoms with E-state index in [1.54, 1.807) is 0 Å². The van der Waals surface area contributed by atoms with Gasteiger partial charge >= 0.3 is 0 Å². The molecule has 0 atom stereocenters. The van der Waals surface area contributed by atoms with E-state index in [1.165, 1.54) is 11.3 Å². The standard InChI is InChI=1S/C19H16BrF2N3O3S2/c20-12-1-4-15-16(9-12)29-19(23-15)24-18(26)11-5-7-25(8-6-11)30(27,28)17-10-13(21)2-3-14(17)22/h1-4,9-11H,5-8H2,(H,23,24,26). The minimum absolute atomic E-state index is 0.0448. The normalized spacial score (nSPS) is 16.1. The first-order chi connectivity index (χ1) is 14.2. The van der Waals surface area contributed by atoms with Gasteiger partial charge in [-0.3, -0.25) is 4.79 Å². The van der Waals surface area contributed by atoms with E-state index in [1.807, 2.05) is 18.2 Å². The van der Waals surface area contributed by atoms with Crippen LogP contribution >= 0.6 is 27.3 Å². The largest absolute Gasteiger partial charge is 0.302 e. The fourth-order valence-electron chi connectivity index (χ4n) is 3.33. The predicted octanol–water partition coefficient (Wildman–Crippen LogP) is 4.38. The van der Waals surface area contributed by atoms with Crippen LogP contribution in [0, 0.1) is 17.6 Å². The molecule has 0 bridgehead atoms. The summed E-state index contributed by atoms with van der Waals surface area (Å²) >= 11 is 4.75. The predicted molar refractivity (Wildman–Crippen MR) is 114 cm³/mol. The molecule has 0 spiro atoms. The molecule has 0 unspecified atom stereocenters. The number of fused-ring (bicyclic) bond motifs is 1. The van der Waals surface area contributed by atoms with Crippen LogP contribution in [0.4, 0.5) is 13.9 Å². The topological polar surface area (TPSA) is 79.4 Å². The van der Waals surface area contributed by atoms with Crippen LogP contribution in [0.1, 0.15) is 12.8 Å². The second-order valence-electron chi connectivity index (χ2n) is 6.87. The van der Waals surface area contributed by atoms with Gasteiger partial charge < -0.3 is 5.32 Å². The lowest BCUT2D eigenvalue weighted by molar-refractivity contribution is -0.120. The number of benzene rings is 2. The van der Waals surface area contributed by atoms with Gasteiger partial charge in [0.1, 0.15) is 16.5 Å². The molecule has 1 saturated heterocycles. The van der Waals surface area contributed by atoms with Crippen LogP contribution in [0.3, 0.4) is 0 Å². The van der Waals surface area contributed by atoms with Crippen LogP contribution in [0.15, 0.2) is 45.8 Å². The maximum atomic E-state index is 13.9. The van der Waals surface area contributed by atoms with E-state index < -0.39 is 32.5 Å². The third-order valence-corrected chi connectivity index (χ3v) is 8.26. The molecule has 11 heteroatoms. The minimum atomic E-state index is -4.17. The van der Waals surface area contributed by atoms with Crippen molar-refractivity contribution in [3.63, 3.8) is 0 Å². The van der Waals surface area contributed by atoms with Gasteiger partial charge in [0.05, 0.1) is 10.2 Å². The lowest BCUT2D eigenvalue weighted by atomic mass is 9.97. The van der Waals surface area contributed by atoms with Crippen molar-refractivity contribution in [2.75, 3.05) is 18.4 Å². The summed E-state index contributed by atoms with van der Waals surface area (Å²) < 4.78 is 55.6. The van der Waals surface area contributed by atoms with E-state index in [2.05, 4.69) is 26.2 Å². The van der Waals surface area contributed by atoms with Gasteiger partial charge in [-0.15, -0.1) is 0 Å². The molecule has 1 aromatic heterocycles. The summed E-state index contributed by atoms with van der Waals surface area (Å²) in [5, 5.41) is 3.27. The van der Waals surface area contributed by atoms with E-state index in [0.29, 0.717) is 11.2 Å². The second kappa shape index (κ2) is 8.29. The zero-order valence-electron chi connectivity index (χ0n) is 15.4. The maximum absolute atomic E-state index is 13.9. The molecule has 1 amide bonds. The second-order valence-corrected chi connectivity index (χ2v) is 10.7. The average Bonchev–Trinajstić information content (AvgIpc) is 3.11. The molecule has 1 fully saturated rings. The number of hydrogen-bond acceptors (Lipinski definition) is 5. The minimum Gasteiger partial charge on any atom is -0.302 e. The Morgan fingerprint density at radius 3 is 2.63 bits per heavy atom. The molecule has 3 aromatic rings. The number of halogens is 3. The Morgan fingerprint density at radius 2 is 1.90 bits per heavy atom. The number of thiazole rings is 1. The first-order valence-electron chi connectivity index (χ1n) is 9.06. The Balaban J connectivity index is 1.42. The van der Waals surface area contributed by atoms with Crippen LogP contribution in [-0.2, 0) is 14.8 Å². The number of hydrogen-bond donors (Lipinski definition) is 1. The molecule has 158 valence electrons. The molecule has 2 heterocycles. The Morgan fingerprint density at radius 1 is 1.17 bits per heavy atom. The molecule has 1 N–H and O–H groups in total. The number of sulfonamides is 1. The molecule has 30 heavy (non-hydrogen) atoms. The molecule has 6 nitrogen and oxygen atoms in total. The summed E-state index contributed by atoms with van der Waals surface area (Å²) in [6.07, 6.45) is 0.552. The number of piperidine rings is 1. The first-order valence-corrected chi connectivity index (χ1v) is 12.1. The summed E-state index contributed by atoms with van der Waals surface area (Å²) in [6, 6.07) is 7.96. The molecule has 1 aliphatic rings. The number of aromatic nitrogens is 1. The zero-order valence-corrected chi connectivity index (χ0v) is 18.7. The van der Waals surface area contributed by atoms with Crippen molar-refractivity contribution >= 4 is 58.5 Å². The summed E-state index contributed by atoms with van der Waals surface area (Å²) in [5.74, 6) is -2.46. The van der Waals surface area contributed by atoms with Crippen LogP contribution < -0.4 is 5.32 Å². The SMILES string of the molecule is O=C(Nc1nc2ccc(Br)cc2s1)C1CCN(S(=O)(=O)c2cc(F)ccc2F)CC1. The molecule has 1 aliphatic heterocycles. The van der Waals surface area contributed by atoms with Gasteiger partial charge in [0.15, 0.2) is 5.13 Å². The Hall–Kier alpha value is -1.95. The van der Waals surface area contributed by atoms with Gasteiger partial charge in [-0.1, -0.05) is 27.3 Å². The summed E-state index contributed by atoms with van der Waals surface area (Å²) in [7, 11) is -4.17. The number of nitrogens with one attached hydrogen (secondary N) is 1. The number of nitrogens with zero attached hydrogens (tertiary/aromatic N) is 2. The van der Waals surface area contributed by atoms with Crippen molar-refractivity contribution in [2.24, 2.45) is 5.92 Å². The van der Waals surface area contributed by atoms with E-state index in [-0.39, 0.29) is 31.8 Å². The van der Waals surface area contributed by atoms with Crippen LogP contribution in [0.5, 0.6) is 0 Å². The van der Waals surface area contributed by atoms with Gasteiger partial charge in [-0.2, -0.15) is 4.31 Å². The third-order valence-electron chi connectivity index (χ3n) is 4.92. The van der Waals surface area contributed by atoms with Crippen LogP contribution in [0.25, 0.3) is 10.2 Å². The van der Waals surface area contributed by atoms with Gasteiger partial charge in [-0.25, -0.2) is 22.2 Å². The number of carbonyl (C=O) groups is 1. The van der Waals surface area contributed by atoms with Crippen molar-refractivity contribution in [1.82, 2.24) is 9.29 Å². The monoisotopic (exact) mass is 515 g/mol. The van der Waals surface area contributed by atoms with E-state index in [0.717, 1.165) is 31.1 Å². The number of anilines is 1. The molecule has 0 saturated carbocycles. The third kappa shape index (κ3) is 4.25. The van der Waals surface area contributed by atoms with Gasteiger partial charge in [0.2, 0.25) is 15.9 Å².